The van der Waals surface area contributed by atoms with Gasteiger partial charge in [0.05, 0.1) is 18.2 Å². The monoisotopic (exact) mass is 379 g/mol. The summed E-state index contributed by atoms with van der Waals surface area (Å²) in [6, 6.07) is 11.7. The van der Waals surface area contributed by atoms with Gasteiger partial charge in [-0.2, -0.15) is 0 Å². The zero-order valence-electron chi connectivity index (χ0n) is 15.6. The second kappa shape index (κ2) is 8.39. The number of hydrogen-bond acceptors (Lipinski definition) is 6. The average molecular weight is 379 g/mol. The van der Waals surface area contributed by atoms with Crippen LogP contribution in [-0.2, 0) is 6.54 Å². The summed E-state index contributed by atoms with van der Waals surface area (Å²) in [5.41, 5.74) is 2.65. The predicted octanol–water partition coefficient (Wildman–Crippen LogP) is 4.01. The van der Waals surface area contributed by atoms with Gasteiger partial charge in [0.25, 0.3) is 0 Å². The molecule has 28 heavy (non-hydrogen) atoms. The van der Waals surface area contributed by atoms with E-state index in [0.717, 1.165) is 16.9 Å². The van der Waals surface area contributed by atoms with E-state index < -0.39 is 5.97 Å². The van der Waals surface area contributed by atoms with Crippen LogP contribution >= 0.6 is 0 Å². The number of benzene rings is 2. The van der Waals surface area contributed by atoms with Gasteiger partial charge in [0.1, 0.15) is 6.33 Å². The molecule has 0 fully saturated rings. The highest BCUT2D eigenvalue weighted by atomic mass is 16.5. The molecule has 0 unspecified atom stereocenters. The molecule has 2 N–H and O–H groups in total. The molecule has 1 aromatic heterocycles. The summed E-state index contributed by atoms with van der Waals surface area (Å²) in [4.78, 5) is 21.2. The number of aromatic hydroxyl groups is 1. The molecular formula is C21H21N3O4. The molecule has 0 radical (unpaired) electrons. The summed E-state index contributed by atoms with van der Waals surface area (Å²) in [5.74, 6) is -0.544. The summed E-state index contributed by atoms with van der Waals surface area (Å²) in [5, 5.41) is 19.2. The van der Waals surface area contributed by atoms with E-state index in [9.17, 15) is 9.90 Å². The summed E-state index contributed by atoms with van der Waals surface area (Å²) < 4.78 is 5.69. The highest BCUT2D eigenvalue weighted by molar-refractivity contribution is 5.88. The maximum Gasteiger partial charge on any atom is 0.335 e. The third kappa shape index (κ3) is 4.56. The molecule has 2 aromatic carbocycles. The lowest BCUT2D eigenvalue weighted by Gasteiger charge is -2.26. The lowest BCUT2D eigenvalue weighted by molar-refractivity contribution is 0.0697. The quantitative estimate of drug-likeness (QED) is 0.640. The van der Waals surface area contributed by atoms with Crippen molar-refractivity contribution in [2.24, 2.45) is 0 Å². The first kappa shape index (κ1) is 19.2. The number of anilines is 2. The minimum Gasteiger partial charge on any atom is -0.504 e. The number of carbonyl (C=O) groups is 1. The van der Waals surface area contributed by atoms with Crippen molar-refractivity contribution in [1.82, 2.24) is 9.97 Å². The molecular weight excluding hydrogens is 358 g/mol. The van der Waals surface area contributed by atoms with Gasteiger partial charge in [0, 0.05) is 35.4 Å². The Bertz CT molecular complexity index is 944. The smallest absolute Gasteiger partial charge is 0.335 e. The van der Waals surface area contributed by atoms with Gasteiger partial charge in [-0.3, -0.25) is 0 Å². The Labute approximate surface area is 162 Å². The number of carboxylic acids is 1. The van der Waals surface area contributed by atoms with Gasteiger partial charge in [0.2, 0.25) is 0 Å². The Kier molecular flexibility index (Phi) is 5.74. The Morgan fingerprint density at radius 2 is 1.71 bits per heavy atom. The van der Waals surface area contributed by atoms with Gasteiger partial charge in [-0.1, -0.05) is 0 Å². The van der Waals surface area contributed by atoms with Crippen LogP contribution in [-0.4, -0.2) is 32.3 Å². The Balaban J connectivity index is 2.02. The first-order chi connectivity index (χ1) is 13.4. The molecule has 7 heteroatoms. The minimum absolute atomic E-state index is 0.0571. The van der Waals surface area contributed by atoms with Gasteiger partial charge >= 0.3 is 5.97 Å². The molecule has 7 nitrogen and oxygen atoms in total. The Morgan fingerprint density at radius 3 is 2.32 bits per heavy atom. The van der Waals surface area contributed by atoms with Crippen LogP contribution in [0.5, 0.6) is 11.5 Å². The molecule has 3 rings (SSSR count). The molecule has 0 bridgehead atoms. The highest BCUT2D eigenvalue weighted by Gasteiger charge is 2.15. The highest BCUT2D eigenvalue weighted by Crippen LogP contribution is 2.35. The van der Waals surface area contributed by atoms with E-state index in [2.05, 4.69) is 9.97 Å². The van der Waals surface area contributed by atoms with Crippen molar-refractivity contribution in [1.29, 1.82) is 0 Å². The van der Waals surface area contributed by atoms with Crippen LogP contribution in [0.25, 0.3) is 0 Å². The maximum atomic E-state index is 11.2. The molecule has 0 atom stereocenters. The summed E-state index contributed by atoms with van der Waals surface area (Å²) >= 11 is 0. The standard InChI is InChI=1S/C21H21N3O4/c1-14(2)28-20-9-18(7-8-19(20)25)24(12-15-10-22-13-23-11-15)17-5-3-16(4-6-17)21(26)27/h3-11,13-14,25H,12H2,1-2H3,(H,26,27). The van der Waals surface area contributed by atoms with Gasteiger partial charge in [0.15, 0.2) is 11.5 Å². The van der Waals surface area contributed by atoms with Gasteiger partial charge in [-0.25, -0.2) is 14.8 Å². The molecule has 0 aliphatic heterocycles. The predicted molar refractivity (Wildman–Crippen MR) is 105 cm³/mol. The van der Waals surface area contributed by atoms with Crippen molar-refractivity contribution < 1.29 is 19.7 Å². The largest absolute Gasteiger partial charge is 0.504 e. The van der Waals surface area contributed by atoms with Crippen LogP contribution in [0.2, 0.25) is 0 Å². The van der Waals surface area contributed by atoms with E-state index in [1.807, 2.05) is 18.7 Å². The first-order valence-electron chi connectivity index (χ1n) is 8.78. The second-order valence-corrected chi connectivity index (χ2v) is 6.50. The Morgan fingerprint density at radius 1 is 1.07 bits per heavy atom. The van der Waals surface area contributed by atoms with Crippen molar-refractivity contribution in [3.8, 4) is 11.5 Å². The van der Waals surface area contributed by atoms with Crippen molar-refractivity contribution in [3.05, 3.63) is 72.3 Å². The van der Waals surface area contributed by atoms with Crippen LogP contribution in [0.3, 0.4) is 0 Å². The number of aromatic carboxylic acids is 1. The molecule has 0 aliphatic carbocycles. The van der Waals surface area contributed by atoms with Crippen molar-refractivity contribution >= 4 is 17.3 Å². The van der Waals surface area contributed by atoms with Crippen LogP contribution in [0.15, 0.2) is 61.2 Å². The fourth-order valence-corrected chi connectivity index (χ4v) is 2.73. The zero-order chi connectivity index (χ0) is 20.1. The second-order valence-electron chi connectivity index (χ2n) is 6.50. The van der Waals surface area contributed by atoms with Crippen molar-refractivity contribution in [3.63, 3.8) is 0 Å². The minimum atomic E-state index is -0.980. The fourth-order valence-electron chi connectivity index (χ4n) is 2.73. The van der Waals surface area contributed by atoms with Crippen molar-refractivity contribution in [2.45, 2.75) is 26.5 Å². The summed E-state index contributed by atoms with van der Waals surface area (Å²) in [6.07, 6.45) is 4.81. The molecule has 0 spiro atoms. The summed E-state index contributed by atoms with van der Waals surface area (Å²) in [6.45, 7) is 4.23. The first-order valence-corrected chi connectivity index (χ1v) is 8.78. The fraction of sp³-hybridized carbons (Fsp3) is 0.190. The molecule has 0 aliphatic rings. The van der Waals surface area contributed by atoms with E-state index in [4.69, 9.17) is 9.84 Å². The number of phenols is 1. The topological polar surface area (TPSA) is 95.8 Å². The van der Waals surface area contributed by atoms with E-state index in [1.54, 1.807) is 54.9 Å². The van der Waals surface area contributed by atoms with E-state index >= 15 is 0 Å². The number of ether oxygens (including phenoxy) is 1. The average Bonchev–Trinajstić information content (AvgIpc) is 2.68. The number of hydrogen-bond donors (Lipinski definition) is 2. The van der Waals surface area contributed by atoms with Gasteiger partial charge < -0.3 is 19.8 Å². The van der Waals surface area contributed by atoms with Crippen LogP contribution in [0, 0.1) is 0 Å². The van der Waals surface area contributed by atoms with Crippen LogP contribution in [0.4, 0.5) is 11.4 Å². The van der Waals surface area contributed by atoms with Crippen LogP contribution < -0.4 is 9.64 Å². The van der Waals surface area contributed by atoms with E-state index in [-0.39, 0.29) is 17.4 Å². The number of phenolic OH excluding ortho intramolecular Hbond substituents is 1. The zero-order valence-corrected chi connectivity index (χ0v) is 15.6. The molecule has 0 saturated heterocycles. The van der Waals surface area contributed by atoms with Gasteiger partial charge in [-0.15, -0.1) is 0 Å². The van der Waals surface area contributed by atoms with E-state index in [0.29, 0.717) is 12.3 Å². The SMILES string of the molecule is CC(C)Oc1cc(N(Cc2cncnc2)c2ccc(C(=O)O)cc2)ccc1O. The molecule has 1 heterocycles. The Hall–Kier alpha value is -3.61. The third-order valence-electron chi connectivity index (χ3n) is 4.00. The third-order valence-corrected chi connectivity index (χ3v) is 4.00. The van der Waals surface area contributed by atoms with Crippen LogP contribution in [0.1, 0.15) is 29.8 Å². The number of aromatic nitrogens is 2. The maximum absolute atomic E-state index is 11.2. The molecule has 3 aromatic rings. The molecule has 0 saturated carbocycles. The number of nitrogens with zero attached hydrogens (tertiary/aromatic N) is 3. The summed E-state index contributed by atoms with van der Waals surface area (Å²) in [7, 11) is 0. The van der Waals surface area contributed by atoms with Crippen molar-refractivity contribution in [2.75, 3.05) is 4.90 Å². The van der Waals surface area contributed by atoms with Gasteiger partial charge in [-0.05, 0) is 50.2 Å². The lowest BCUT2D eigenvalue weighted by Crippen LogP contribution is -2.17. The molecule has 0 amide bonds. The normalized spacial score (nSPS) is 10.7. The molecule has 144 valence electrons. The lowest BCUT2D eigenvalue weighted by atomic mass is 10.1. The van der Waals surface area contributed by atoms with E-state index in [1.165, 1.54) is 6.33 Å². The number of rotatable bonds is 7. The number of carboxylic acid groups (broad SMARTS) is 1.